The topological polar surface area (TPSA) is 34.1 Å². The minimum Gasteiger partial charge on any atom is -0.377 e. The number of nitrogens with one attached hydrogen (secondary N) is 1. The molecule has 0 aliphatic heterocycles. The molecule has 2 rings (SSSR count). The summed E-state index contributed by atoms with van der Waals surface area (Å²) in [6.45, 7) is 4.77. The van der Waals surface area contributed by atoms with Gasteiger partial charge in [0.05, 0.1) is 24.3 Å². The van der Waals surface area contributed by atoms with Crippen molar-refractivity contribution in [1.82, 2.24) is 10.3 Å². The van der Waals surface area contributed by atoms with E-state index in [4.69, 9.17) is 4.74 Å². The fourth-order valence-corrected chi connectivity index (χ4v) is 2.05. The van der Waals surface area contributed by atoms with E-state index in [2.05, 4.69) is 36.3 Å². The Morgan fingerprint density at radius 3 is 2.78 bits per heavy atom. The van der Waals surface area contributed by atoms with Crippen LogP contribution < -0.4 is 5.32 Å². The summed E-state index contributed by atoms with van der Waals surface area (Å²) in [5.74, 6) is 0. The number of likely N-dealkylation sites (N-methyl/N-ethyl adjacent to an activating group) is 1. The summed E-state index contributed by atoms with van der Waals surface area (Å²) in [7, 11) is 1.96. The van der Waals surface area contributed by atoms with Gasteiger partial charge in [-0.15, -0.1) is 0 Å². The number of pyridine rings is 1. The maximum Gasteiger partial charge on any atom is 0.0705 e. The second-order valence-corrected chi connectivity index (χ2v) is 4.64. The van der Waals surface area contributed by atoms with Crippen LogP contribution >= 0.6 is 0 Å². The van der Waals surface area contributed by atoms with E-state index in [1.54, 1.807) is 0 Å². The molecule has 1 N–H and O–H groups in total. The average molecular weight is 244 g/mol. The van der Waals surface area contributed by atoms with E-state index in [1.807, 2.05) is 31.4 Å². The molecule has 0 radical (unpaired) electrons. The number of nitrogens with zero attached hydrogens (tertiary/aromatic N) is 1. The van der Waals surface area contributed by atoms with Gasteiger partial charge in [0.25, 0.3) is 0 Å². The van der Waals surface area contributed by atoms with Crippen molar-refractivity contribution < 1.29 is 4.74 Å². The summed E-state index contributed by atoms with van der Waals surface area (Å²) in [4.78, 5) is 4.39. The lowest BCUT2D eigenvalue weighted by atomic mass is 10.0. The first-order valence-electron chi connectivity index (χ1n) is 6.35. The number of benzene rings is 1. The smallest absolute Gasteiger partial charge is 0.0705 e. The van der Waals surface area contributed by atoms with Crippen molar-refractivity contribution in [3.63, 3.8) is 0 Å². The van der Waals surface area contributed by atoms with Gasteiger partial charge < -0.3 is 10.1 Å². The van der Waals surface area contributed by atoms with Gasteiger partial charge in [0.15, 0.2) is 0 Å². The van der Waals surface area contributed by atoms with E-state index in [0.29, 0.717) is 6.61 Å². The second kappa shape index (κ2) is 5.94. The van der Waals surface area contributed by atoms with Gasteiger partial charge in [-0.3, -0.25) is 4.98 Å². The van der Waals surface area contributed by atoms with Gasteiger partial charge in [-0.05, 0) is 38.6 Å². The Bertz CT molecular complexity index is 505. The van der Waals surface area contributed by atoms with Crippen LogP contribution in [0.4, 0.5) is 0 Å². The van der Waals surface area contributed by atoms with Crippen LogP contribution in [0.15, 0.2) is 36.5 Å². The van der Waals surface area contributed by atoms with Gasteiger partial charge in [-0.1, -0.05) is 18.2 Å². The van der Waals surface area contributed by atoms with Crippen molar-refractivity contribution >= 4 is 10.9 Å². The third-order valence-corrected chi connectivity index (χ3v) is 3.00. The Balaban J connectivity index is 2.32. The summed E-state index contributed by atoms with van der Waals surface area (Å²) in [6.07, 6.45) is 2.07. The first-order valence-corrected chi connectivity index (χ1v) is 6.35. The van der Waals surface area contributed by atoms with Crippen LogP contribution in [0, 0.1) is 0 Å². The lowest BCUT2D eigenvalue weighted by Gasteiger charge is -2.20. The van der Waals surface area contributed by atoms with Gasteiger partial charge in [-0.2, -0.15) is 0 Å². The van der Waals surface area contributed by atoms with Gasteiger partial charge >= 0.3 is 0 Å². The first-order chi connectivity index (χ1) is 8.72. The standard InChI is InChI=1S/C15H20N2O/c1-11(2)18-10-15(16-3)13-6-4-8-14-12(13)7-5-9-17-14/h4-9,11,15-16H,10H2,1-3H3. The molecule has 1 unspecified atom stereocenters. The Labute approximate surface area is 108 Å². The third-order valence-electron chi connectivity index (χ3n) is 3.00. The van der Waals surface area contributed by atoms with Crippen molar-refractivity contribution in [2.75, 3.05) is 13.7 Å². The summed E-state index contributed by atoms with van der Waals surface area (Å²) < 4.78 is 5.72. The molecule has 3 nitrogen and oxygen atoms in total. The highest BCUT2D eigenvalue weighted by molar-refractivity contribution is 5.82. The number of fused-ring (bicyclic) bond motifs is 1. The van der Waals surface area contributed by atoms with Crippen molar-refractivity contribution in [3.05, 3.63) is 42.1 Å². The second-order valence-electron chi connectivity index (χ2n) is 4.64. The van der Waals surface area contributed by atoms with Crippen molar-refractivity contribution in [2.45, 2.75) is 26.0 Å². The lowest BCUT2D eigenvalue weighted by Crippen LogP contribution is -2.23. The molecule has 0 aliphatic carbocycles. The molecule has 0 saturated carbocycles. The molecule has 3 heteroatoms. The van der Waals surface area contributed by atoms with Crippen LogP contribution in [-0.2, 0) is 4.74 Å². The predicted molar refractivity (Wildman–Crippen MR) is 74.6 cm³/mol. The molecule has 0 bridgehead atoms. The van der Waals surface area contributed by atoms with E-state index in [-0.39, 0.29) is 12.1 Å². The van der Waals surface area contributed by atoms with Crippen LogP contribution in [0.3, 0.4) is 0 Å². The molecule has 0 fully saturated rings. The van der Waals surface area contributed by atoms with E-state index in [0.717, 1.165) is 5.52 Å². The zero-order valence-electron chi connectivity index (χ0n) is 11.2. The molecule has 2 aromatic rings. The normalized spacial score (nSPS) is 13.1. The molecule has 96 valence electrons. The molecule has 1 aromatic heterocycles. The lowest BCUT2D eigenvalue weighted by molar-refractivity contribution is 0.0629. The highest BCUT2D eigenvalue weighted by atomic mass is 16.5. The van der Waals surface area contributed by atoms with Gasteiger partial charge in [-0.25, -0.2) is 0 Å². The van der Waals surface area contributed by atoms with Crippen LogP contribution in [-0.4, -0.2) is 24.7 Å². The molecule has 1 aromatic carbocycles. The number of hydrogen-bond acceptors (Lipinski definition) is 3. The Kier molecular flexibility index (Phi) is 4.28. The van der Waals surface area contributed by atoms with E-state index in [1.165, 1.54) is 10.9 Å². The molecule has 0 aliphatic rings. The van der Waals surface area contributed by atoms with Crippen LogP contribution in [0.2, 0.25) is 0 Å². The van der Waals surface area contributed by atoms with Crippen molar-refractivity contribution in [2.24, 2.45) is 0 Å². The van der Waals surface area contributed by atoms with Gasteiger partial charge in [0.2, 0.25) is 0 Å². The van der Waals surface area contributed by atoms with Crippen LogP contribution in [0.5, 0.6) is 0 Å². The zero-order valence-corrected chi connectivity index (χ0v) is 11.2. The molecular weight excluding hydrogens is 224 g/mol. The largest absolute Gasteiger partial charge is 0.377 e. The SMILES string of the molecule is CNC(COC(C)C)c1cccc2ncccc12. The highest BCUT2D eigenvalue weighted by Crippen LogP contribution is 2.23. The molecule has 0 amide bonds. The number of aromatic nitrogens is 1. The van der Waals surface area contributed by atoms with Gasteiger partial charge in [0.1, 0.15) is 0 Å². The summed E-state index contributed by atoms with van der Waals surface area (Å²) in [5.41, 5.74) is 2.27. The summed E-state index contributed by atoms with van der Waals surface area (Å²) >= 11 is 0. The van der Waals surface area contributed by atoms with Crippen molar-refractivity contribution in [3.8, 4) is 0 Å². The minimum atomic E-state index is 0.195. The van der Waals surface area contributed by atoms with E-state index >= 15 is 0 Å². The van der Waals surface area contributed by atoms with Crippen LogP contribution in [0.1, 0.15) is 25.5 Å². The molecular formula is C15H20N2O. The molecule has 0 saturated heterocycles. The van der Waals surface area contributed by atoms with Crippen LogP contribution in [0.25, 0.3) is 10.9 Å². The fourth-order valence-electron chi connectivity index (χ4n) is 2.05. The monoisotopic (exact) mass is 244 g/mol. The number of hydrogen-bond donors (Lipinski definition) is 1. The number of ether oxygens (including phenoxy) is 1. The quantitative estimate of drug-likeness (QED) is 0.878. The Morgan fingerprint density at radius 2 is 2.06 bits per heavy atom. The third kappa shape index (κ3) is 2.86. The van der Waals surface area contributed by atoms with Gasteiger partial charge in [0, 0.05) is 11.6 Å². The maximum atomic E-state index is 5.72. The molecule has 0 spiro atoms. The molecule has 1 atom stereocenters. The zero-order chi connectivity index (χ0) is 13.0. The Morgan fingerprint density at radius 1 is 1.22 bits per heavy atom. The average Bonchev–Trinajstić information content (AvgIpc) is 2.39. The fraction of sp³-hybridized carbons (Fsp3) is 0.400. The number of rotatable bonds is 5. The predicted octanol–water partition coefficient (Wildman–Crippen LogP) is 2.92. The minimum absolute atomic E-state index is 0.195. The summed E-state index contributed by atoms with van der Waals surface area (Å²) in [6, 6.07) is 10.5. The molecule has 1 heterocycles. The summed E-state index contributed by atoms with van der Waals surface area (Å²) in [5, 5.41) is 4.50. The molecule has 18 heavy (non-hydrogen) atoms. The highest BCUT2D eigenvalue weighted by Gasteiger charge is 2.13. The van der Waals surface area contributed by atoms with Crippen molar-refractivity contribution in [1.29, 1.82) is 0 Å². The van der Waals surface area contributed by atoms with E-state index < -0.39 is 0 Å². The maximum absolute atomic E-state index is 5.72. The Hall–Kier alpha value is -1.45. The van der Waals surface area contributed by atoms with E-state index in [9.17, 15) is 0 Å². The first kappa shape index (κ1) is 13.0.